The van der Waals surface area contributed by atoms with Crippen LogP contribution in [0.1, 0.15) is 13.3 Å². The van der Waals surface area contributed by atoms with E-state index in [-0.39, 0.29) is 27.0 Å². The van der Waals surface area contributed by atoms with Gasteiger partial charge >= 0.3 is 0 Å². The number of sulfonamides is 1. The summed E-state index contributed by atoms with van der Waals surface area (Å²) < 4.78 is 25.8. The molecule has 0 radical (unpaired) electrons. The van der Waals surface area contributed by atoms with Crippen LogP contribution in [0.5, 0.6) is 0 Å². The van der Waals surface area contributed by atoms with Crippen LogP contribution in [0.4, 0.5) is 5.69 Å². The Bertz CT molecular complexity index is 602. The van der Waals surface area contributed by atoms with Crippen molar-refractivity contribution in [1.29, 1.82) is 5.26 Å². The lowest BCUT2D eigenvalue weighted by atomic mass is 10.3. The summed E-state index contributed by atoms with van der Waals surface area (Å²) in [6.45, 7) is 1.64. The molecule has 1 aromatic carbocycles. The molecule has 0 unspecified atom stereocenters. The molecule has 0 fully saturated rings. The van der Waals surface area contributed by atoms with Crippen molar-refractivity contribution >= 4 is 38.9 Å². The van der Waals surface area contributed by atoms with Gasteiger partial charge in [0.1, 0.15) is 0 Å². The van der Waals surface area contributed by atoms with E-state index in [0.717, 1.165) is 4.31 Å². The highest BCUT2D eigenvalue weighted by atomic mass is 35.5. The second-order valence-corrected chi connectivity index (χ2v) is 6.85. The lowest BCUT2D eigenvalue weighted by Crippen LogP contribution is -2.34. The predicted octanol–water partition coefficient (Wildman–Crippen LogP) is 2.50. The first kappa shape index (κ1) is 16.1. The van der Waals surface area contributed by atoms with E-state index in [1.165, 1.54) is 19.2 Å². The lowest BCUT2D eigenvalue weighted by Gasteiger charge is -2.22. The van der Waals surface area contributed by atoms with Crippen molar-refractivity contribution in [1.82, 2.24) is 4.31 Å². The summed E-state index contributed by atoms with van der Waals surface area (Å²) in [6.07, 6.45) is 0.0895. The molecule has 2 N–H and O–H groups in total. The summed E-state index contributed by atoms with van der Waals surface area (Å²) >= 11 is 11.7. The van der Waals surface area contributed by atoms with Crippen molar-refractivity contribution in [2.75, 3.05) is 12.8 Å². The minimum Gasteiger partial charge on any atom is -0.396 e. The van der Waals surface area contributed by atoms with Crippen LogP contribution in [-0.4, -0.2) is 25.8 Å². The summed E-state index contributed by atoms with van der Waals surface area (Å²) in [4.78, 5) is -0.0519. The number of benzene rings is 1. The maximum Gasteiger partial charge on any atom is 0.243 e. The minimum atomic E-state index is -3.76. The third-order valence-corrected chi connectivity index (χ3v) is 5.31. The summed E-state index contributed by atoms with van der Waals surface area (Å²) in [7, 11) is -2.37. The first-order chi connectivity index (χ1) is 8.71. The molecule has 0 saturated heterocycles. The molecule has 104 valence electrons. The zero-order valence-electron chi connectivity index (χ0n) is 10.4. The predicted molar refractivity (Wildman–Crippen MR) is 75.5 cm³/mol. The van der Waals surface area contributed by atoms with E-state index in [1.807, 2.05) is 6.07 Å². The standard InChI is InChI=1S/C11H13Cl2N3O2S/c1-7(3-4-14)16(2)19(17,18)8-5-9(12)11(15)10(13)6-8/h5-7H,3,15H2,1-2H3/t7-/m1/s1. The van der Waals surface area contributed by atoms with Gasteiger partial charge in [0.25, 0.3) is 0 Å². The first-order valence-corrected chi connectivity index (χ1v) is 7.51. The van der Waals surface area contributed by atoms with Crippen molar-refractivity contribution < 1.29 is 8.42 Å². The van der Waals surface area contributed by atoms with Crippen LogP contribution < -0.4 is 5.73 Å². The molecule has 5 nitrogen and oxygen atoms in total. The van der Waals surface area contributed by atoms with Gasteiger partial charge in [0, 0.05) is 13.1 Å². The van der Waals surface area contributed by atoms with E-state index in [4.69, 9.17) is 34.2 Å². The lowest BCUT2D eigenvalue weighted by molar-refractivity contribution is 0.393. The number of hydrogen-bond donors (Lipinski definition) is 1. The van der Waals surface area contributed by atoms with Gasteiger partial charge in [-0.1, -0.05) is 23.2 Å². The highest BCUT2D eigenvalue weighted by molar-refractivity contribution is 7.89. The molecule has 0 heterocycles. The molecule has 1 atom stereocenters. The molecule has 0 aliphatic heterocycles. The molecule has 0 bridgehead atoms. The third-order valence-electron chi connectivity index (χ3n) is 2.74. The highest BCUT2D eigenvalue weighted by Gasteiger charge is 2.26. The SMILES string of the molecule is C[C@H](CC#N)N(C)S(=O)(=O)c1cc(Cl)c(N)c(Cl)c1. The Balaban J connectivity index is 3.25. The van der Waals surface area contributed by atoms with Crippen LogP contribution in [0, 0.1) is 11.3 Å². The molecule has 1 rings (SSSR count). The van der Waals surface area contributed by atoms with Gasteiger partial charge in [-0.3, -0.25) is 0 Å². The number of nitrogen functional groups attached to an aromatic ring is 1. The van der Waals surface area contributed by atoms with Gasteiger partial charge < -0.3 is 5.73 Å². The average Bonchev–Trinajstić information content (AvgIpc) is 2.34. The van der Waals surface area contributed by atoms with Gasteiger partial charge in [-0.25, -0.2) is 8.42 Å². The Kier molecular flexibility index (Phi) is 5.04. The fourth-order valence-corrected chi connectivity index (χ4v) is 3.40. The van der Waals surface area contributed by atoms with Gasteiger partial charge in [0.2, 0.25) is 10.0 Å². The highest BCUT2D eigenvalue weighted by Crippen LogP contribution is 2.32. The maximum atomic E-state index is 12.3. The van der Waals surface area contributed by atoms with Gasteiger partial charge in [-0.2, -0.15) is 9.57 Å². The second-order valence-electron chi connectivity index (χ2n) is 4.03. The molecule has 0 aliphatic rings. The largest absolute Gasteiger partial charge is 0.396 e. The molecule has 0 amide bonds. The quantitative estimate of drug-likeness (QED) is 0.863. The molecule has 0 aliphatic carbocycles. The monoisotopic (exact) mass is 321 g/mol. The maximum absolute atomic E-state index is 12.3. The molecule has 19 heavy (non-hydrogen) atoms. The average molecular weight is 322 g/mol. The minimum absolute atomic E-state index is 0.0519. The number of nitrogens with zero attached hydrogens (tertiary/aromatic N) is 2. The number of anilines is 1. The van der Waals surface area contributed by atoms with Crippen LogP contribution in [0.25, 0.3) is 0 Å². The molecule has 0 aromatic heterocycles. The van der Waals surface area contributed by atoms with Crippen molar-refractivity contribution in [3.05, 3.63) is 22.2 Å². The Morgan fingerprint density at radius 1 is 1.42 bits per heavy atom. The number of halogens is 2. The number of rotatable bonds is 4. The summed E-state index contributed by atoms with van der Waals surface area (Å²) in [5.74, 6) is 0. The molecule has 1 aromatic rings. The van der Waals surface area contributed by atoms with E-state index >= 15 is 0 Å². The Hall–Kier alpha value is -1.00. The van der Waals surface area contributed by atoms with E-state index in [1.54, 1.807) is 6.92 Å². The number of nitrogens with two attached hydrogens (primary N) is 1. The number of hydrogen-bond acceptors (Lipinski definition) is 4. The van der Waals surface area contributed by atoms with Gasteiger partial charge in [0.15, 0.2) is 0 Å². The normalized spacial score (nSPS) is 13.3. The molecular formula is C11H13Cl2N3O2S. The second kappa shape index (κ2) is 5.97. The van der Waals surface area contributed by atoms with Crippen molar-refractivity contribution in [2.24, 2.45) is 0 Å². The van der Waals surface area contributed by atoms with Crippen LogP contribution in [0.2, 0.25) is 10.0 Å². The van der Waals surface area contributed by atoms with Gasteiger partial charge in [-0.15, -0.1) is 0 Å². The fraction of sp³-hybridized carbons (Fsp3) is 0.364. The topological polar surface area (TPSA) is 87.2 Å². The van der Waals surface area contributed by atoms with E-state index in [9.17, 15) is 8.42 Å². The molecule has 0 saturated carbocycles. The third kappa shape index (κ3) is 3.31. The Morgan fingerprint density at radius 3 is 2.32 bits per heavy atom. The zero-order chi connectivity index (χ0) is 14.8. The Labute approximate surface area is 122 Å². The molecule has 8 heteroatoms. The van der Waals surface area contributed by atoms with E-state index < -0.39 is 16.1 Å². The van der Waals surface area contributed by atoms with E-state index in [0.29, 0.717) is 0 Å². The Morgan fingerprint density at radius 2 is 1.89 bits per heavy atom. The van der Waals surface area contributed by atoms with Gasteiger partial charge in [0.05, 0.1) is 33.1 Å². The van der Waals surface area contributed by atoms with E-state index in [2.05, 4.69) is 0 Å². The van der Waals surface area contributed by atoms with Crippen molar-refractivity contribution in [3.63, 3.8) is 0 Å². The van der Waals surface area contributed by atoms with Crippen LogP contribution in [-0.2, 0) is 10.0 Å². The first-order valence-electron chi connectivity index (χ1n) is 5.31. The van der Waals surface area contributed by atoms with Crippen LogP contribution in [0.3, 0.4) is 0 Å². The van der Waals surface area contributed by atoms with Crippen LogP contribution >= 0.6 is 23.2 Å². The molecule has 0 spiro atoms. The van der Waals surface area contributed by atoms with Crippen molar-refractivity contribution in [2.45, 2.75) is 24.3 Å². The zero-order valence-corrected chi connectivity index (χ0v) is 12.7. The van der Waals surface area contributed by atoms with Crippen LogP contribution in [0.15, 0.2) is 17.0 Å². The van der Waals surface area contributed by atoms with Gasteiger partial charge in [-0.05, 0) is 19.1 Å². The summed E-state index contributed by atoms with van der Waals surface area (Å²) in [5.41, 5.74) is 5.70. The summed E-state index contributed by atoms with van der Waals surface area (Å²) in [5, 5.41) is 8.77. The fourth-order valence-electron chi connectivity index (χ4n) is 1.37. The molecular weight excluding hydrogens is 309 g/mol. The summed E-state index contributed by atoms with van der Waals surface area (Å²) in [6, 6.07) is 3.96. The number of nitriles is 1. The smallest absolute Gasteiger partial charge is 0.243 e. The van der Waals surface area contributed by atoms with Crippen molar-refractivity contribution in [3.8, 4) is 6.07 Å².